The first-order chi connectivity index (χ1) is 7.40. The molecular formula is C11H15Br2NOS. The highest BCUT2D eigenvalue weighted by Crippen LogP contribution is 2.31. The largest absolute Gasteiger partial charge is 0.350 e. The van der Waals surface area contributed by atoms with Crippen molar-refractivity contribution in [1.82, 2.24) is 5.32 Å². The number of hydrogen-bond donors (Lipinski definition) is 1. The Morgan fingerprint density at radius 1 is 1.44 bits per heavy atom. The molecule has 0 aromatic carbocycles. The summed E-state index contributed by atoms with van der Waals surface area (Å²) in [5, 5.41) is 3.00. The van der Waals surface area contributed by atoms with Gasteiger partial charge in [0.05, 0.1) is 13.1 Å². The highest BCUT2D eigenvalue weighted by molar-refractivity contribution is 9.12. The summed E-state index contributed by atoms with van der Waals surface area (Å²) in [7, 11) is 0. The summed E-state index contributed by atoms with van der Waals surface area (Å²) < 4.78 is 1.83. The van der Waals surface area contributed by atoms with Crippen molar-refractivity contribution in [3.63, 3.8) is 0 Å². The second-order valence-electron chi connectivity index (χ2n) is 4.24. The summed E-state index contributed by atoms with van der Waals surface area (Å²) in [5.74, 6) is 0.579. The van der Waals surface area contributed by atoms with Crippen LogP contribution >= 0.6 is 43.2 Å². The third kappa shape index (κ3) is 4.18. The monoisotopic (exact) mass is 367 g/mol. The zero-order chi connectivity index (χ0) is 12.3. The standard InChI is InChI=1S/C11H15Br2NOS/c1-6(2)4-7(3)14-11(15)8-5-9(12)16-10(8)13/h5-7H,4H2,1-3H3,(H,14,15). The minimum atomic E-state index is -0.0121. The smallest absolute Gasteiger partial charge is 0.253 e. The maximum absolute atomic E-state index is 11.9. The van der Waals surface area contributed by atoms with Crippen LogP contribution in [-0.4, -0.2) is 11.9 Å². The Morgan fingerprint density at radius 2 is 2.06 bits per heavy atom. The van der Waals surface area contributed by atoms with Crippen molar-refractivity contribution in [3.05, 3.63) is 19.2 Å². The number of amides is 1. The van der Waals surface area contributed by atoms with Gasteiger partial charge in [0.15, 0.2) is 0 Å². The number of thiophene rings is 1. The van der Waals surface area contributed by atoms with Gasteiger partial charge in [0, 0.05) is 6.04 Å². The van der Waals surface area contributed by atoms with Crippen molar-refractivity contribution in [2.75, 3.05) is 0 Å². The van der Waals surface area contributed by atoms with E-state index in [1.807, 2.05) is 13.0 Å². The molecule has 0 bridgehead atoms. The normalized spacial score (nSPS) is 12.9. The molecule has 1 unspecified atom stereocenters. The molecule has 0 saturated heterocycles. The summed E-state index contributed by atoms with van der Waals surface area (Å²) in [6.45, 7) is 6.34. The average Bonchev–Trinajstić information content (AvgIpc) is 2.43. The topological polar surface area (TPSA) is 29.1 Å². The Kier molecular flexibility index (Phi) is 5.47. The van der Waals surface area contributed by atoms with Crippen LogP contribution in [0.3, 0.4) is 0 Å². The molecule has 0 aliphatic heterocycles. The molecule has 1 atom stereocenters. The van der Waals surface area contributed by atoms with Crippen molar-refractivity contribution < 1.29 is 4.79 Å². The molecule has 0 radical (unpaired) electrons. The third-order valence-corrected chi connectivity index (χ3v) is 4.44. The predicted octanol–water partition coefficient (Wildman–Crippen LogP) is 4.44. The number of carbonyl (C=O) groups is 1. The lowest BCUT2D eigenvalue weighted by Crippen LogP contribution is -2.33. The summed E-state index contributed by atoms with van der Waals surface area (Å²) >= 11 is 8.26. The lowest BCUT2D eigenvalue weighted by Gasteiger charge is -2.15. The van der Waals surface area contributed by atoms with Gasteiger partial charge in [0.2, 0.25) is 0 Å². The molecule has 1 heterocycles. The summed E-state index contributed by atoms with van der Waals surface area (Å²) in [5.41, 5.74) is 0.701. The van der Waals surface area contributed by atoms with Crippen LogP contribution in [0.15, 0.2) is 13.6 Å². The Balaban J connectivity index is 2.62. The van der Waals surface area contributed by atoms with E-state index in [4.69, 9.17) is 0 Å². The highest BCUT2D eigenvalue weighted by Gasteiger charge is 2.16. The summed E-state index contributed by atoms with van der Waals surface area (Å²) in [6, 6.07) is 2.05. The average molecular weight is 369 g/mol. The van der Waals surface area contributed by atoms with Gasteiger partial charge >= 0.3 is 0 Å². The van der Waals surface area contributed by atoms with E-state index in [-0.39, 0.29) is 11.9 Å². The van der Waals surface area contributed by atoms with E-state index < -0.39 is 0 Å². The van der Waals surface area contributed by atoms with Crippen LogP contribution in [0.2, 0.25) is 0 Å². The van der Waals surface area contributed by atoms with Gasteiger partial charge in [0.1, 0.15) is 0 Å². The quantitative estimate of drug-likeness (QED) is 0.836. The van der Waals surface area contributed by atoms with Gasteiger partial charge in [-0.2, -0.15) is 0 Å². The fraction of sp³-hybridized carbons (Fsp3) is 0.545. The molecule has 2 nitrogen and oxygen atoms in total. The fourth-order valence-corrected chi connectivity index (χ4v) is 4.36. The maximum Gasteiger partial charge on any atom is 0.253 e. The number of nitrogens with one attached hydrogen (secondary N) is 1. The third-order valence-electron chi connectivity index (χ3n) is 2.10. The lowest BCUT2D eigenvalue weighted by atomic mass is 10.1. The van der Waals surface area contributed by atoms with E-state index in [0.717, 1.165) is 14.0 Å². The number of halogens is 2. The van der Waals surface area contributed by atoms with Gasteiger partial charge in [-0.15, -0.1) is 11.3 Å². The van der Waals surface area contributed by atoms with Crippen LogP contribution in [0, 0.1) is 5.92 Å². The molecule has 5 heteroatoms. The molecule has 16 heavy (non-hydrogen) atoms. The van der Waals surface area contributed by atoms with E-state index in [0.29, 0.717) is 11.5 Å². The molecule has 1 N–H and O–H groups in total. The minimum absolute atomic E-state index is 0.0121. The Labute approximate surface area is 117 Å². The fourth-order valence-electron chi connectivity index (χ4n) is 1.56. The van der Waals surface area contributed by atoms with Gasteiger partial charge in [-0.1, -0.05) is 13.8 Å². The first-order valence-corrected chi connectivity index (χ1v) is 7.56. The molecule has 0 saturated carbocycles. The SMILES string of the molecule is CC(C)CC(C)NC(=O)c1cc(Br)sc1Br. The van der Waals surface area contributed by atoms with Crippen molar-refractivity contribution >= 4 is 49.1 Å². The molecule has 0 fully saturated rings. The van der Waals surface area contributed by atoms with Gasteiger partial charge in [0.25, 0.3) is 5.91 Å². The van der Waals surface area contributed by atoms with Crippen LogP contribution < -0.4 is 5.32 Å². The van der Waals surface area contributed by atoms with Crippen molar-refractivity contribution in [2.24, 2.45) is 5.92 Å². The van der Waals surface area contributed by atoms with E-state index in [1.54, 1.807) is 0 Å². The van der Waals surface area contributed by atoms with Gasteiger partial charge in [-0.05, 0) is 57.2 Å². The van der Waals surface area contributed by atoms with Crippen LogP contribution in [0.25, 0.3) is 0 Å². The number of rotatable bonds is 4. The van der Waals surface area contributed by atoms with Gasteiger partial charge < -0.3 is 5.32 Å². The molecule has 1 rings (SSSR count). The zero-order valence-corrected chi connectivity index (χ0v) is 13.5. The molecule has 0 aliphatic carbocycles. The minimum Gasteiger partial charge on any atom is -0.350 e. The summed E-state index contributed by atoms with van der Waals surface area (Å²) in [6.07, 6.45) is 0.995. The number of carbonyl (C=O) groups excluding carboxylic acids is 1. The van der Waals surface area contributed by atoms with Crippen molar-refractivity contribution in [3.8, 4) is 0 Å². The van der Waals surface area contributed by atoms with Gasteiger partial charge in [-0.25, -0.2) is 0 Å². The molecule has 0 spiro atoms. The number of hydrogen-bond acceptors (Lipinski definition) is 2. The van der Waals surface area contributed by atoms with Crippen molar-refractivity contribution in [1.29, 1.82) is 0 Å². The Morgan fingerprint density at radius 3 is 2.50 bits per heavy atom. The maximum atomic E-state index is 11.9. The second kappa shape index (κ2) is 6.17. The predicted molar refractivity (Wildman–Crippen MR) is 76.1 cm³/mol. The van der Waals surface area contributed by atoms with Crippen LogP contribution in [0.5, 0.6) is 0 Å². The molecule has 1 amide bonds. The molecule has 1 aromatic heterocycles. The molecule has 90 valence electrons. The van der Waals surface area contributed by atoms with E-state index in [2.05, 4.69) is 51.0 Å². The second-order valence-corrected chi connectivity index (χ2v) is 7.99. The van der Waals surface area contributed by atoms with Crippen LogP contribution in [-0.2, 0) is 0 Å². The van der Waals surface area contributed by atoms with Crippen molar-refractivity contribution in [2.45, 2.75) is 33.2 Å². The molecule has 0 aliphatic rings. The van der Waals surface area contributed by atoms with Crippen LogP contribution in [0.1, 0.15) is 37.6 Å². The van der Waals surface area contributed by atoms with E-state index >= 15 is 0 Å². The van der Waals surface area contributed by atoms with Crippen LogP contribution in [0.4, 0.5) is 0 Å². The first kappa shape index (κ1) is 14.2. The summed E-state index contributed by atoms with van der Waals surface area (Å²) in [4.78, 5) is 11.9. The first-order valence-electron chi connectivity index (χ1n) is 5.15. The Hall–Kier alpha value is 0.130. The van der Waals surface area contributed by atoms with E-state index in [1.165, 1.54) is 11.3 Å². The van der Waals surface area contributed by atoms with Gasteiger partial charge in [-0.3, -0.25) is 4.79 Å². The highest BCUT2D eigenvalue weighted by atomic mass is 79.9. The molecular weight excluding hydrogens is 354 g/mol. The lowest BCUT2D eigenvalue weighted by molar-refractivity contribution is 0.0936. The zero-order valence-electron chi connectivity index (χ0n) is 9.51. The molecule has 1 aromatic rings. The van der Waals surface area contributed by atoms with E-state index in [9.17, 15) is 4.79 Å². The Bertz CT molecular complexity index is 376.